The zero-order valence-corrected chi connectivity index (χ0v) is 14.2. The second kappa shape index (κ2) is 7.22. The Kier molecular flexibility index (Phi) is 5.04. The molecule has 1 aliphatic rings. The first-order valence-corrected chi connectivity index (χ1v) is 8.39. The minimum atomic E-state index is -0.357. The molecule has 0 aliphatic carbocycles. The van der Waals surface area contributed by atoms with Crippen LogP contribution in [0.5, 0.6) is 0 Å². The van der Waals surface area contributed by atoms with Crippen molar-refractivity contribution in [2.24, 2.45) is 0 Å². The average molecular weight is 323 g/mol. The highest BCUT2D eigenvalue weighted by atomic mass is 16.5. The number of ether oxygens (including phenoxy) is 1. The molecule has 1 aromatic carbocycles. The summed E-state index contributed by atoms with van der Waals surface area (Å²) in [6.45, 7) is 4.21. The van der Waals surface area contributed by atoms with Crippen LogP contribution < -0.4 is 10.8 Å². The molecule has 2 aromatic rings. The highest BCUT2D eigenvalue weighted by Crippen LogP contribution is 2.28. The topological polar surface area (TPSA) is 54.5 Å². The van der Waals surface area contributed by atoms with Crippen LogP contribution in [0.1, 0.15) is 30.1 Å². The molecule has 2 radical (unpaired) electrons. The van der Waals surface area contributed by atoms with E-state index in [0.29, 0.717) is 23.7 Å². The van der Waals surface area contributed by atoms with E-state index in [-0.39, 0.29) is 5.97 Å². The Morgan fingerprint density at radius 2 is 2.17 bits per heavy atom. The number of aromatic nitrogens is 1. The van der Waals surface area contributed by atoms with Crippen molar-refractivity contribution in [3.8, 4) is 0 Å². The zero-order valence-electron chi connectivity index (χ0n) is 14.2. The van der Waals surface area contributed by atoms with Crippen LogP contribution in [-0.4, -0.2) is 56.5 Å². The Balaban J connectivity index is 2.01. The van der Waals surface area contributed by atoms with Gasteiger partial charge in [0.1, 0.15) is 13.4 Å². The number of pyridine rings is 1. The molecule has 0 saturated carbocycles. The standard InChI is InChI=1S/C18H22BN3O2/c1-3-24-18(23)15-11-20-16-5-4-12(19)10-14(16)17(15)21-13-6-8-22(2)9-7-13/h4-5,10-11,13H,3,6-9H2,1-2H3,(H,20,21). The molecule has 0 amide bonds. The van der Waals surface area contributed by atoms with E-state index in [1.807, 2.05) is 18.2 Å². The third-order valence-corrected chi connectivity index (χ3v) is 4.45. The normalized spacial score (nSPS) is 16.2. The minimum Gasteiger partial charge on any atom is -0.462 e. The molecule has 1 fully saturated rings. The lowest BCUT2D eigenvalue weighted by Crippen LogP contribution is -2.37. The van der Waals surface area contributed by atoms with E-state index in [9.17, 15) is 4.79 Å². The summed E-state index contributed by atoms with van der Waals surface area (Å²) in [5, 5.41) is 4.42. The molecule has 1 aliphatic heterocycles. The van der Waals surface area contributed by atoms with Crippen LogP contribution in [-0.2, 0) is 4.74 Å². The summed E-state index contributed by atoms with van der Waals surface area (Å²) in [6.07, 6.45) is 3.66. The summed E-state index contributed by atoms with van der Waals surface area (Å²) in [5.74, 6) is -0.357. The van der Waals surface area contributed by atoms with Gasteiger partial charge < -0.3 is 15.0 Å². The zero-order chi connectivity index (χ0) is 17.1. The van der Waals surface area contributed by atoms with E-state index in [4.69, 9.17) is 12.6 Å². The number of hydrogen-bond acceptors (Lipinski definition) is 5. The van der Waals surface area contributed by atoms with E-state index in [0.717, 1.165) is 42.5 Å². The van der Waals surface area contributed by atoms with Gasteiger partial charge in [0.15, 0.2) is 0 Å². The first kappa shape index (κ1) is 16.8. The molecule has 24 heavy (non-hydrogen) atoms. The van der Waals surface area contributed by atoms with E-state index in [2.05, 4.69) is 22.2 Å². The first-order chi connectivity index (χ1) is 11.6. The SMILES string of the molecule is [B]c1ccc2ncc(C(=O)OCC)c(NC3CCN(C)CC3)c2c1. The molecule has 2 heterocycles. The smallest absolute Gasteiger partial charge is 0.341 e. The third kappa shape index (κ3) is 3.54. The number of nitrogens with one attached hydrogen (secondary N) is 1. The Hall–Kier alpha value is -2.08. The number of piperidine rings is 1. The lowest BCUT2D eigenvalue weighted by molar-refractivity contribution is 0.0527. The highest BCUT2D eigenvalue weighted by Gasteiger charge is 2.22. The molecule has 6 heteroatoms. The molecule has 0 spiro atoms. The number of fused-ring (bicyclic) bond motifs is 1. The van der Waals surface area contributed by atoms with Gasteiger partial charge in [-0.05, 0) is 46.0 Å². The summed E-state index contributed by atoms with van der Waals surface area (Å²) >= 11 is 0. The van der Waals surface area contributed by atoms with Crippen LogP contribution >= 0.6 is 0 Å². The number of esters is 1. The minimum absolute atomic E-state index is 0.321. The van der Waals surface area contributed by atoms with Gasteiger partial charge in [-0.1, -0.05) is 17.6 Å². The number of hydrogen-bond donors (Lipinski definition) is 1. The second-order valence-electron chi connectivity index (χ2n) is 6.27. The monoisotopic (exact) mass is 323 g/mol. The fraction of sp³-hybridized carbons (Fsp3) is 0.444. The molecule has 0 atom stereocenters. The quantitative estimate of drug-likeness (QED) is 0.686. The number of carbonyl (C=O) groups is 1. The molecule has 0 unspecified atom stereocenters. The van der Waals surface area contributed by atoms with E-state index in [1.165, 1.54) is 0 Å². The molecular formula is C18H22BN3O2. The van der Waals surface area contributed by atoms with Crippen molar-refractivity contribution in [2.75, 3.05) is 32.1 Å². The van der Waals surface area contributed by atoms with Crippen molar-refractivity contribution >= 4 is 35.9 Å². The third-order valence-electron chi connectivity index (χ3n) is 4.45. The molecule has 1 saturated heterocycles. The van der Waals surface area contributed by atoms with E-state index < -0.39 is 0 Å². The lowest BCUT2D eigenvalue weighted by Gasteiger charge is -2.31. The predicted octanol–water partition coefficient (Wildman–Crippen LogP) is 1.71. The number of rotatable bonds is 4. The van der Waals surface area contributed by atoms with Gasteiger partial charge >= 0.3 is 5.97 Å². The van der Waals surface area contributed by atoms with Crippen molar-refractivity contribution in [3.05, 3.63) is 30.0 Å². The van der Waals surface area contributed by atoms with Gasteiger partial charge in [0.2, 0.25) is 0 Å². The van der Waals surface area contributed by atoms with Crippen LogP contribution in [0.25, 0.3) is 10.9 Å². The maximum Gasteiger partial charge on any atom is 0.341 e. The van der Waals surface area contributed by atoms with Gasteiger partial charge in [-0.3, -0.25) is 4.98 Å². The highest BCUT2D eigenvalue weighted by molar-refractivity contribution is 6.33. The van der Waals surface area contributed by atoms with Crippen LogP contribution in [0.15, 0.2) is 24.4 Å². The fourth-order valence-corrected chi connectivity index (χ4v) is 3.09. The van der Waals surface area contributed by atoms with Gasteiger partial charge in [0.25, 0.3) is 0 Å². The van der Waals surface area contributed by atoms with Crippen molar-refractivity contribution in [2.45, 2.75) is 25.8 Å². The lowest BCUT2D eigenvalue weighted by atomic mass is 9.93. The Morgan fingerprint density at radius 3 is 2.88 bits per heavy atom. The summed E-state index contributed by atoms with van der Waals surface area (Å²) in [5.41, 5.74) is 2.71. The van der Waals surface area contributed by atoms with Crippen molar-refractivity contribution in [1.29, 1.82) is 0 Å². The van der Waals surface area contributed by atoms with Gasteiger partial charge in [0.05, 0.1) is 17.8 Å². The summed E-state index contributed by atoms with van der Waals surface area (Å²) in [7, 11) is 8.08. The van der Waals surface area contributed by atoms with Crippen LogP contribution in [0, 0.1) is 0 Å². The Morgan fingerprint density at radius 1 is 1.42 bits per heavy atom. The first-order valence-electron chi connectivity index (χ1n) is 8.39. The molecule has 3 rings (SSSR count). The molecule has 1 N–H and O–H groups in total. The van der Waals surface area contributed by atoms with Gasteiger partial charge in [0, 0.05) is 17.6 Å². The second-order valence-corrected chi connectivity index (χ2v) is 6.27. The van der Waals surface area contributed by atoms with Crippen molar-refractivity contribution in [1.82, 2.24) is 9.88 Å². The number of likely N-dealkylation sites (tertiary alicyclic amines) is 1. The Labute approximate surface area is 143 Å². The molecule has 0 bridgehead atoms. The fourth-order valence-electron chi connectivity index (χ4n) is 3.09. The summed E-state index contributed by atoms with van der Waals surface area (Å²) < 4.78 is 5.20. The number of nitrogens with zero attached hydrogens (tertiary/aromatic N) is 2. The molecule has 124 valence electrons. The molecule has 1 aromatic heterocycles. The predicted molar refractivity (Wildman–Crippen MR) is 97.2 cm³/mol. The Bertz CT molecular complexity index is 742. The van der Waals surface area contributed by atoms with E-state index in [1.54, 1.807) is 13.1 Å². The van der Waals surface area contributed by atoms with Gasteiger partial charge in [-0.2, -0.15) is 0 Å². The summed E-state index contributed by atoms with van der Waals surface area (Å²) in [4.78, 5) is 19.0. The van der Waals surface area contributed by atoms with Gasteiger partial charge in [-0.15, -0.1) is 0 Å². The van der Waals surface area contributed by atoms with Crippen molar-refractivity contribution < 1.29 is 9.53 Å². The van der Waals surface area contributed by atoms with Crippen LogP contribution in [0.4, 0.5) is 5.69 Å². The maximum absolute atomic E-state index is 12.3. The number of carbonyl (C=O) groups excluding carboxylic acids is 1. The summed E-state index contributed by atoms with van der Waals surface area (Å²) in [6, 6.07) is 5.88. The maximum atomic E-state index is 12.3. The number of anilines is 1. The van der Waals surface area contributed by atoms with Crippen LogP contribution in [0.2, 0.25) is 0 Å². The number of benzene rings is 1. The average Bonchev–Trinajstić information content (AvgIpc) is 2.57. The van der Waals surface area contributed by atoms with E-state index >= 15 is 0 Å². The largest absolute Gasteiger partial charge is 0.462 e. The molecular weight excluding hydrogens is 301 g/mol. The van der Waals surface area contributed by atoms with Gasteiger partial charge in [-0.25, -0.2) is 4.79 Å². The van der Waals surface area contributed by atoms with Crippen molar-refractivity contribution in [3.63, 3.8) is 0 Å². The molecule has 5 nitrogen and oxygen atoms in total. The van der Waals surface area contributed by atoms with Crippen LogP contribution in [0.3, 0.4) is 0 Å².